The second kappa shape index (κ2) is 10.2. The van der Waals surface area contributed by atoms with E-state index in [0.29, 0.717) is 16.7 Å². The number of furan rings is 1. The number of halogens is 3. The topological polar surface area (TPSA) is 73.0 Å². The highest BCUT2D eigenvalue weighted by Crippen LogP contribution is 2.39. The molecule has 1 N–H and O–H groups in total. The number of nitrogens with one attached hydrogen (secondary N) is 1. The number of nitrogens with zero attached hydrogens (tertiary/aromatic N) is 3. The van der Waals surface area contributed by atoms with Gasteiger partial charge in [-0.25, -0.2) is 0 Å². The number of aromatic nitrogens is 3. The van der Waals surface area contributed by atoms with E-state index < -0.39 is 22.9 Å². The molecule has 182 valence electrons. The summed E-state index contributed by atoms with van der Waals surface area (Å²) in [5.74, 6) is 0.528. The number of anilines is 1. The van der Waals surface area contributed by atoms with Crippen molar-refractivity contribution in [2.75, 3.05) is 5.32 Å². The molecule has 2 aromatic heterocycles. The fraction of sp³-hybridized carbons (Fsp3) is 0.458. The van der Waals surface area contributed by atoms with Gasteiger partial charge in [-0.2, -0.15) is 13.2 Å². The molecule has 34 heavy (non-hydrogen) atoms. The van der Waals surface area contributed by atoms with Crippen LogP contribution in [0.25, 0.3) is 11.6 Å². The van der Waals surface area contributed by atoms with Crippen molar-refractivity contribution < 1.29 is 22.4 Å². The molecule has 1 saturated carbocycles. The lowest BCUT2D eigenvalue weighted by Gasteiger charge is -2.26. The molecule has 0 radical (unpaired) electrons. The largest absolute Gasteiger partial charge is 0.461 e. The first kappa shape index (κ1) is 24.4. The van der Waals surface area contributed by atoms with Crippen LogP contribution in [0.15, 0.2) is 52.2 Å². The Bertz CT molecular complexity index is 1110. The maximum Gasteiger partial charge on any atom is 0.418 e. The van der Waals surface area contributed by atoms with Crippen LogP contribution >= 0.6 is 11.8 Å². The first-order valence-corrected chi connectivity index (χ1v) is 12.3. The van der Waals surface area contributed by atoms with Crippen LogP contribution in [0.1, 0.15) is 57.6 Å². The zero-order valence-corrected chi connectivity index (χ0v) is 19.8. The average molecular weight is 493 g/mol. The van der Waals surface area contributed by atoms with Gasteiger partial charge in [-0.3, -0.25) is 9.36 Å². The third-order valence-corrected chi connectivity index (χ3v) is 7.43. The maximum atomic E-state index is 13.4. The molecular weight excluding hydrogens is 465 g/mol. The second-order valence-corrected chi connectivity index (χ2v) is 9.87. The fourth-order valence-corrected chi connectivity index (χ4v) is 5.35. The number of hydrogen-bond acceptors (Lipinski definition) is 5. The van der Waals surface area contributed by atoms with Crippen molar-refractivity contribution in [2.24, 2.45) is 5.92 Å². The highest BCUT2D eigenvalue weighted by atomic mass is 32.2. The third kappa shape index (κ3) is 5.32. The van der Waals surface area contributed by atoms with E-state index in [0.717, 1.165) is 31.7 Å². The molecule has 2 heterocycles. The number of para-hydroxylation sites is 1. The first-order valence-electron chi connectivity index (χ1n) is 11.4. The molecule has 1 atom stereocenters. The summed E-state index contributed by atoms with van der Waals surface area (Å²) in [5.41, 5.74) is -1.13. The summed E-state index contributed by atoms with van der Waals surface area (Å²) in [6.07, 6.45) is 2.30. The van der Waals surface area contributed by atoms with Crippen molar-refractivity contribution in [3.05, 3.63) is 48.2 Å². The zero-order chi connectivity index (χ0) is 24.3. The summed E-state index contributed by atoms with van der Waals surface area (Å²) in [6.45, 7) is 3.73. The SMILES string of the molecule is CC(C)C(Sc1nnc(-c2ccco2)n1C1CCCCC1)C(=O)Nc1ccccc1C(F)(F)F. The van der Waals surface area contributed by atoms with Gasteiger partial charge in [-0.05, 0) is 43.0 Å². The number of hydrogen-bond donors (Lipinski definition) is 1. The number of thioether (sulfide) groups is 1. The van der Waals surface area contributed by atoms with Gasteiger partial charge >= 0.3 is 6.18 Å². The molecule has 1 fully saturated rings. The molecule has 6 nitrogen and oxygen atoms in total. The van der Waals surface area contributed by atoms with Crippen molar-refractivity contribution >= 4 is 23.4 Å². The van der Waals surface area contributed by atoms with Gasteiger partial charge in [0.25, 0.3) is 0 Å². The molecule has 0 aliphatic heterocycles. The first-order chi connectivity index (χ1) is 16.3. The van der Waals surface area contributed by atoms with Gasteiger partial charge < -0.3 is 9.73 Å². The number of benzene rings is 1. The zero-order valence-electron chi connectivity index (χ0n) is 19.0. The minimum atomic E-state index is -4.57. The predicted octanol–water partition coefficient (Wildman–Crippen LogP) is 6.82. The Morgan fingerprint density at radius 2 is 1.85 bits per heavy atom. The van der Waals surface area contributed by atoms with Crippen LogP contribution < -0.4 is 5.32 Å². The lowest BCUT2D eigenvalue weighted by atomic mass is 9.95. The van der Waals surface area contributed by atoms with Crippen LogP contribution in [-0.4, -0.2) is 25.9 Å². The van der Waals surface area contributed by atoms with Gasteiger partial charge in [-0.15, -0.1) is 10.2 Å². The molecule has 4 rings (SSSR count). The van der Waals surface area contributed by atoms with Crippen LogP contribution in [0.2, 0.25) is 0 Å². The minimum Gasteiger partial charge on any atom is -0.461 e. The molecular formula is C24H27F3N4O2S. The minimum absolute atomic E-state index is 0.161. The Kier molecular flexibility index (Phi) is 7.35. The molecule has 3 aromatic rings. The average Bonchev–Trinajstić information content (AvgIpc) is 3.47. The lowest BCUT2D eigenvalue weighted by Crippen LogP contribution is -2.31. The van der Waals surface area contributed by atoms with Gasteiger partial charge in [-0.1, -0.05) is 57.0 Å². The molecule has 0 spiro atoms. The maximum absolute atomic E-state index is 13.4. The Labute approximate surface area is 200 Å². The number of amides is 1. The monoisotopic (exact) mass is 492 g/mol. The number of carbonyl (C=O) groups is 1. The van der Waals surface area contributed by atoms with E-state index in [-0.39, 0.29) is 17.6 Å². The van der Waals surface area contributed by atoms with Crippen LogP contribution in [0.5, 0.6) is 0 Å². The predicted molar refractivity (Wildman–Crippen MR) is 124 cm³/mol. The van der Waals surface area contributed by atoms with E-state index in [9.17, 15) is 18.0 Å². The van der Waals surface area contributed by atoms with Gasteiger partial charge in [0, 0.05) is 6.04 Å². The third-order valence-electron chi connectivity index (χ3n) is 5.93. The second-order valence-electron chi connectivity index (χ2n) is 8.76. The van der Waals surface area contributed by atoms with Crippen LogP contribution in [0, 0.1) is 5.92 Å². The van der Waals surface area contributed by atoms with Gasteiger partial charge in [0.05, 0.1) is 22.8 Å². The van der Waals surface area contributed by atoms with Crippen LogP contribution in [0.3, 0.4) is 0 Å². The standard InChI is InChI=1S/C24H27F3N4O2S/c1-15(2)20(22(32)28-18-12-7-6-11-17(18)24(25,26)27)34-23-30-29-21(19-13-8-14-33-19)31(23)16-9-4-3-5-10-16/h6-8,11-16,20H,3-5,9-10H2,1-2H3,(H,28,32). The smallest absolute Gasteiger partial charge is 0.418 e. The van der Waals surface area contributed by atoms with Crippen molar-refractivity contribution in [2.45, 2.75) is 68.6 Å². The van der Waals surface area contributed by atoms with E-state index in [1.165, 1.54) is 36.4 Å². The normalized spacial score (nSPS) is 16.1. The summed E-state index contributed by atoms with van der Waals surface area (Å²) in [7, 11) is 0. The summed E-state index contributed by atoms with van der Waals surface area (Å²) >= 11 is 1.23. The van der Waals surface area contributed by atoms with Gasteiger partial charge in [0.1, 0.15) is 0 Å². The van der Waals surface area contributed by atoms with E-state index in [1.807, 2.05) is 24.5 Å². The molecule has 10 heteroatoms. The summed E-state index contributed by atoms with van der Waals surface area (Å²) in [5, 5.41) is 11.1. The Balaban J connectivity index is 1.63. The summed E-state index contributed by atoms with van der Waals surface area (Å²) in [4.78, 5) is 13.2. The molecule has 1 amide bonds. The van der Waals surface area contributed by atoms with E-state index in [2.05, 4.69) is 15.5 Å². The molecule has 1 aromatic carbocycles. The van der Waals surface area contributed by atoms with Crippen molar-refractivity contribution in [1.29, 1.82) is 0 Å². The van der Waals surface area contributed by atoms with E-state index in [4.69, 9.17) is 4.42 Å². The lowest BCUT2D eigenvalue weighted by molar-refractivity contribution is -0.137. The Morgan fingerprint density at radius 3 is 2.50 bits per heavy atom. The van der Waals surface area contributed by atoms with Crippen molar-refractivity contribution in [3.63, 3.8) is 0 Å². The quantitative estimate of drug-likeness (QED) is 0.367. The van der Waals surface area contributed by atoms with Gasteiger partial charge in [0.15, 0.2) is 10.9 Å². The molecule has 0 saturated heterocycles. The van der Waals surface area contributed by atoms with E-state index in [1.54, 1.807) is 12.3 Å². The highest BCUT2D eigenvalue weighted by Gasteiger charge is 2.35. The molecule has 0 bridgehead atoms. The number of carbonyl (C=O) groups excluding carboxylic acids is 1. The number of rotatable bonds is 7. The van der Waals surface area contributed by atoms with E-state index >= 15 is 0 Å². The van der Waals surface area contributed by atoms with Gasteiger partial charge in [0.2, 0.25) is 11.7 Å². The van der Waals surface area contributed by atoms with Crippen LogP contribution in [-0.2, 0) is 11.0 Å². The highest BCUT2D eigenvalue weighted by molar-refractivity contribution is 8.00. The summed E-state index contributed by atoms with van der Waals surface area (Å²) in [6, 6.07) is 8.77. The van der Waals surface area contributed by atoms with Crippen molar-refractivity contribution in [3.8, 4) is 11.6 Å². The molecule has 1 unspecified atom stereocenters. The number of alkyl halides is 3. The molecule has 1 aliphatic carbocycles. The molecule has 1 aliphatic rings. The van der Waals surface area contributed by atoms with Crippen LogP contribution in [0.4, 0.5) is 18.9 Å². The Morgan fingerprint density at radius 1 is 1.12 bits per heavy atom. The summed E-state index contributed by atoms with van der Waals surface area (Å²) < 4.78 is 47.8. The van der Waals surface area contributed by atoms with Crippen molar-refractivity contribution in [1.82, 2.24) is 14.8 Å². The fourth-order valence-electron chi connectivity index (χ4n) is 4.25. The Hall–Kier alpha value is -2.75.